The maximum absolute atomic E-state index is 13.3. The van der Waals surface area contributed by atoms with Gasteiger partial charge < -0.3 is 10.8 Å². The number of amides is 1. The summed E-state index contributed by atoms with van der Waals surface area (Å²) < 4.78 is 13.3. The second kappa shape index (κ2) is 4.94. The number of carboxylic acid groups (broad SMARTS) is 1. The van der Waals surface area contributed by atoms with E-state index < -0.39 is 17.7 Å². The van der Waals surface area contributed by atoms with E-state index in [2.05, 4.69) is 11.8 Å². The predicted octanol–water partition coefficient (Wildman–Crippen LogP) is 0.751. The zero-order valence-electron chi connectivity index (χ0n) is 8.16. The maximum Gasteiger partial charge on any atom is 0.335 e. The van der Waals surface area contributed by atoms with Crippen LogP contribution in [0.5, 0.6) is 0 Å². The van der Waals surface area contributed by atoms with Gasteiger partial charge in [0.1, 0.15) is 5.82 Å². The van der Waals surface area contributed by atoms with Crippen molar-refractivity contribution in [3.63, 3.8) is 0 Å². The second-order valence-electron chi connectivity index (χ2n) is 2.94. The van der Waals surface area contributed by atoms with Gasteiger partial charge in [-0.25, -0.2) is 9.18 Å². The molecule has 0 atom stereocenters. The molecule has 5 heteroatoms. The third-order valence-corrected chi connectivity index (χ3v) is 1.70. The minimum absolute atomic E-state index is 0.0336. The highest BCUT2D eigenvalue weighted by atomic mass is 19.1. The first-order chi connectivity index (χ1) is 7.50. The van der Waals surface area contributed by atoms with E-state index in [0.717, 1.165) is 6.07 Å². The van der Waals surface area contributed by atoms with Gasteiger partial charge in [-0.05, 0) is 18.2 Å². The molecular weight excluding hydrogens is 213 g/mol. The molecule has 3 N–H and O–H groups in total. The molecule has 0 spiro atoms. The maximum atomic E-state index is 13.3. The average molecular weight is 221 g/mol. The number of primary amides is 1. The molecule has 1 amide bonds. The van der Waals surface area contributed by atoms with Crippen LogP contribution in [0.2, 0.25) is 0 Å². The van der Waals surface area contributed by atoms with Crippen LogP contribution < -0.4 is 5.73 Å². The molecule has 0 fully saturated rings. The fourth-order valence-electron chi connectivity index (χ4n) is 0.976. The van der Waals surface area contributed by atoms with Crippen LogP contribution in [0.3, 0.4) is 0 Å². The Kier molecular flexibility index (Phi) is 3.62. The number of aromatic carboxylic acids is 1. The molecule has 1 aromatic rings. The Morgan fingerprint density at radius 1 is 1.44 bits per heavy atom. The molecule has 16 heavy (non-hydrogen) atoms. The van der Waals surface area contributed by atoms with Crippen molar-refractivity contribution in [3.8, 4) is 11.8 Å². The topological polar surface area (TPSA) is 80.4 Å². The molecule has 0 aliphatic heterocycles. The van der Waals surface area contributed by atoms with Gasteiger partial charge in [0.25, 0.3) is 0 Å². The lowest BCUT2D eigenvalue weighted by Gasteiger charge is -1.96. The van der Waals surface area contributed by atoms with E-state index in [-0.39, 0.29) is 17.5 Å². The summed E-state index contributed by atoms with van der Waals surface area (Å²) in [5.41, 5.74) is 4.72. The highest BCUT2D eigenvalue weighted by molar-refractivity contribution is 5.87. The molecule has 0 aliphatic rings. The van der Waals surface area contributed by atoms with Gasteiger partial charge in [-0.3, -0.25) is 4.79 Å². The van der Waals surface area contributed by atoms with E-state index in [1.165, 1.54) is 12.1 Å². The van der Waals surface area contributed by atoms with Crippen molar-refractivity contribution < 1.29 is 19.1 Å². The van der Waals surface area contributed by atoms with Crippen LogP contribution in [0.15, 0.2) is 18.2 Å². The highest BCUT2D eigenvalue weighted by Crippen LogP contribution is 2.09. The van der Waals surface area contributed by atoms with E-state index >= 15 is 0 Å². The summed E-state index contributed by atoms with van der Waals surface area (Å²) in [5.74, 6) is 2.22. The minimum atomic E-state index is -1.21. The predicted molar refractivity (Wildman–Crippen MR) is 54.0 cm³/mol. The minimum Gasteiger partial charge on any atom is -0.478 e. The van der Waals surface area contributed by atoms with E-state index in [4.69, 9.17) is 10.8 Å². The quantitative estimate of drug-likeness (QED) is 0.723. The van der Waals surface area contributed by atoms with E-state index in [9.17, 15) is 14.0 Å². The Balaban J connectivity index is 2.94. The molecule has 4 nitrogen and oxygen atoms in total. The van der Waals surface area contributed by atoms with Crippen LogP contribution in [0.4, 0.5) is 4.39 Å². The van der Waals surface area contributed by atoms with Crippen molar-refractivity contribution in [2.24, 2.45) is 5.73 Å². The molecule has 0 heterocycles. The number of carbonyl (C=O) groups is 2. The average Bonchev–Trinajstić information content (AvgIpc) is 2.19. The molecule has 1 aromatic carbocycles. The fourth-order valence-corrected chi connectivity index (χ4v) is 0.976. The third-order valence-electron chi connectivity index (χ3n) is 1.70. The van der Waals surface area contributed by atoms with Gasteiger partial charge >= 0.3 is 5.97 Å². The SMILES string of the molecule is NC(=O)CC#Cc1ccc(C(=O)O)cc1F. The van der Waals surface area contributed by atoms with Gasteiger partial charge in [-0.2, -0.15) is 0 Å². The molecule has 0 saturated heterocycles. The summed E-state index contributed by atoms with van der Waals surface area (Å²) in [4.78, 5) is 20.9. The van der Waals surface area contributed by atoms with Gasteiger partial charge in [-0.15, -0.1) is 0 Å². The molecular formula is C11H8FNO3. The van der Waals surface area contributed by atoms with E-state index in [1.54, 1.807) is 0 Å². The normalized spacial score (nSPS) is 9.06. The van der Waals surface area contributed by atoms with Crippen LogP contribution >= 0.6 is 0 Å². The van der Waals surface area contributed by atoms with Gasteiger partial charge in [0, 0.05) is 0 Å². The summed E-state index contributed by atoms with van der Waals surface area (Å²) in [5, 5.41) is 8.59. The summed E-state index contributed by atoms with van der Waals surface area (Å²) in [7, 11) is 0. The standard InChI is InChI=1S/C11H8FNO3/c12-9-6-8(11(15)16)5-4-7(9)2-1-3-10(13)14/h4-6H,3H2,(H2,13,14)(H,15,16). The van der Waals surface area contributed by atoms with Crippen molar-refractivity contribution in [1.82, 2.24) is 0 Å². The van der Waals surface area contributed by atoms with Crippen molar-refractivity contribution in [3.05, 3.63) is 35.1 Å². The number of hydrogen-bond donors (Lipinski definition) is 2. The molecule has 82 valence electrons. The number of rotatable bonds is 2. The first-order valence-corrected chi connectivity index (χ1v) is 4.30. The Morgan fingerprint density at radius 2 is 2.12 bits per heavy atom. The highest BCUT2D eigenvalue weighted by Gasteiger charge is 2.06. The molecule has 0 radical (unpaired) electrons. The van der Waals surface area contributed by atoms with Crippen LogP contribution in [0, 0.1) is 17.7 Å². The molecule has 0 aromatic heterocycles. The zero-order valence-corrected chi connectivity index (χ0v) is 8.16. The van der Waals surface area contributed by atoms with Gasteiger partial charge in [0.15, 0.2) is 0 Å². The number of nitrogens with two attached hydrogens (primary N) is 1. The zero-order chi connectivity index (χ0) is 12.1. The lowest BCUT2D eigenvalue weighted by molar-refractivity contribution is -0.117. The van der Waals surface area contributed by atoms with E-state index in [0.29, 0.717) is 0 Å². The van der Waals surface area contributed by atoms with Crippen LogP contribution in [0.25, 0.3) is 0 Å². The van der Waals surface area contributed by atoms with Crippen molar-refractivity contribution >= 4 is 11.9 Å². The number of carbonyl (C=O) groups excluding carboxylic acids is 1. The molecule has 0 saturated carbocycles. The molecule has 0 unspecified atom stereocenters. The van der Waals surface area contributed by atoms with Gasteiger partial charge in [0.2, 0.25) is 5.91 Å². The summed E-state index contributed by atoms with van der Waals surface area (Å²) in [6.07, 6.45) is -0.167. The van der Waals surface area contributed by atoms with Crippen LogP contribution in [-0.4, -0.2) is 17.0 Å². The van der Waals surface area contributed by atoms with Gasteiger partial charge in [0.05, 0.1) is 17.5 Å². The Labute approximate surface area is 90.9 Å². The lowest BCUT2D eigenvalue weighted by Crippen LogP contribution is -2.08. The first-order valence-electron chi connectivity index (χ1n) is 4.30. The largest absolute Gasteiger partial charge is 0.478 e. The van der Waals surface area contributed by atoms with Crippen molar-refractivity contribution in [1.29, 1.82) is 0 Å². The summed E-state index contributed by atoms with van der Waals surface area (Å²) >= 11 is 0. The number of halogens is 1. The van der Waals surface area contributed by atoms with Crippen molar-refractivity contribution in [2.75, 3.05) is 0 Å². The van der Waals surface area contributed by atoms with E-state index in [1.807, 2.05) is 0 Å². The number of hydrogen-bond acceptors (Lipinski definition) is 2. The first kappa shape index (κ1) is 11.7. The van der Waals surface area contributed by atoms with Crippen molar-refractivity contribution in [2.45, 2.75) is 6.42 Å². The fraction of sp³-hybridized carbons (Fsp3) is 0.0909. The monoisotopic (exact) mass is 221 g/mol. The molecule has 1 rings (SSSR count). The van der Waals surface area contributed by atoms with Crippen LogP contribution in [-0.2, 0) is 4.79 Å². The summed E-state index contributed by atoms with van der Waals surface area (Å²) in [6.45, 7) is 0. The Hall–Kier alpha value is -2.35. The Morgan fingerprint density at radius 3 is 2.62 bits per heavy atom. The van der Waals surface area contributed by atoms with Gasteiger partial charge in [-0.1, -0.05) is 11.8 Å². The smallest absolute Gasteiger partial charge is 0.335 e. The summed E-state index contributed by atoms with van der Waals surface area (Å²) in [6, 6.07) is 3.35. The molecule has 0 aliphatic carbocycles. The van der Waals surface area contributed by atoms with Crippen LogP contribution in [0.1, 0.15) is 22.3 Å². The molecule has 0 bridgehead atoms. The number of benzene rings is 1. The third kappa shape index (κ3) is 3.10. The second-order valence-corrected chi connectivity index (χ2v) is 2.94. The Bertz CT molecular complexity index is 500. The number of carboxylic acids is 1. The lowest BCUT2D eigenvalue weighted by atomic mass is 10.1.